The summed E-state index contributed by atoms with van der Waals surface area (Å²) in [6.45, 7) is 4.31. The molecule has 118 valence electrons. The van der Waals surface area contributed by atoms with E-state index in [9.17, 15) is 12.8 Å². The SMILES string of the molecule is CCN1CCCC1CN(C)S(=O)(=O)c1cc(N)ccc1F. The number of halogens is 1. The Bertz CT molecular complexity index is 606. The van der Waals surface area contributed by atoms with E-state index in [1.165, 1.54) is 23.5 Å². The van der Waals surface area contributed by atoms with Crippen LogP contribution in [0.4, 0.5) is 10.1 Å². The fourth-order valence-electron chi connectivity index (χ4n) is 2.80. The monoisotopic (exact) mass is 315 g/mol. The first-order chi connectivity index (χ1) is 9.86. The highest BCUT2D eigenvalue weighted by atomic mass is 32.2. The summed E-state index contributed by atoms with van der Waals surface area (Å²) in [5.41, 5.74) is 5.81. The number of nitrogens with two attached hydrogens (primary N) is 1. The number of anilines is 1. The lowest BCUT2D eigenvalue weighted by atomic mass is 10.2. The van der Waals surface area contributed by atoms with Crippen molar-refractivity contribution in [3.05, 3.63) is 24.0 Å². The van der Waals surface area contributed by atoms with Crippen molar-refractivity contribution in [1.82, 2.24) is 9.21 Å². The van der Waals surface area contributed by atoms with Gasteiger partial charge in [0.25, 0.3) is 0 Å². The predicted molar refractivity (Wildman–Crippen MR) is 80.9 cm³/mol. The van der Waals surface area contributed by atoms with Gasteiger partial charge in [0.15, 0.2) is 0 Å². The van der Waals surface area contributed by atoms with Crippen molar-refractivity contribution in [2.75, 3.05) is 32.4 Å². The number of sulfonamides is 1. The van der Waals surface area contributed by atoms with Crippen molar-refractivity contribution < 1.29 is 12.8 Å². The molecular weight excluding hydrogens is 293 g/mol. The molecule has 0 bridgehead atoms. The van der Waals surface area contributed by atoms with Gasteiger partial charge in [0, 0.05) is 25.3 Å². The molecule has 7 heteroatoms. The summed E-state index contributed by atoms with van der Waals surface area (Å²) in [5.74, 6) is -0.769. The molecule has 1 aliphatic rings. The van der Waals surface area contributed by atoms with Crippen molar-refractivity contribution >= 4 is 15.7 Å². The van der Waals surface area contributed by atoms with Crippen molar-refractivity contribution in [3.8, 4) is 0 Å². The van der Waals surface area contributed by atoms with Gasteiger partial charge in [-0.15, -0.1) is 0 Å². The van der Waals surface area contributed by atoms with Crippen LogP contribution in [0.2, 0.25) is 0 Å². The smallest absolute Gasteiger partial charge is 0.245 e. The molecule has 21 heavy (non-hydrogen) atoms. The van der Waals surface area contributed by atoms with Crippen LogP contribution in [0.25, 0.3) is 0 Å². The standard InChI is InChI=1S/C14H22FN3O2S/c1-3-18-8-4-5-12(18)10-17(2)21(19,20)14-9-11(16)6-7-13(14)15/h6-7,9,12H,3-5,8,10,16H2,1-2H3. The highest BCUT2D eigenvalue weighted by Crippen LogP contribution is 2.23. The van der Waals surface area contributed by atoms with Gasteiger partial charge in [0.1, 0.15) is 10.7 Å². The number of rotatable bonds is 5. The molecule has 2 rings (SSSR count). The molecule has 0 radical (unpaired) electrons. The highest BCUT2D eigenvalue weighted by Gasteiger charge is 2.30. The minimum Gasteiger partial charge on any atom is -0.399 e. The number of likely N-dealkylation sites (N-methyl/N-ethyl adjacent to an activating group) is 2. The van der Waals surface area contributed by atoms with E-state index in [4.69, 9.17) is 5.73 Å². The zero-order valence-electron chi connectivity index (χ0n) is 12.4. The van der Waals surface area contributed by atoms with Crippen LogP contribution in [0.15, 0.2) is 23.1 Å². The molecule has 1 saturated heterocycles. The topological polar surface area (TPSA) is 66.6 Å². The normalized spacial score (nSPS) is 20.3. The highest BCUT2D eigenvalue weighted by molar-refractivity contribution is 7.89. The van der Waals surface area contributed by atoms with Crippen molar-refractivity contribution in [2.45, 2.75) is 30.7 Å². The average Bonchev–Trinajstić information content (AvgIpc) is 2.88. The van der Waals surface area contributed by atoms with Gasteiger partial charge < -0.3 is 5.73 Å². The molecule has 1 heterocycles. The molecule has 1 aromatic carbocycles. The summed E-state index contributed by atoms with van der Waals surface area (Å²) in [6, 6.07) is 3.81. The van der Waals surface area contributed by atoms with Gasteiger partial charge in [-0.2, -0.15) is 4.31 Å². The largest absolute Gasteiger partial charge is 0.399 e. The van der Waals surface area contributed by atoms with Crippen LogP contribution in [0, 0.1) is 5.82 Å². The number of hydrogen-bond acceptors (Lipinski definition) is 4. The molecule has 0 aliphatic carbocycles. The van der Waals surface area contributed by atoms with E-state index in [0.29, 0.717) is 6.54 Å². The summed E-state index contributed by atoms with van der Waals surface area (Å²) in [4.78, 5) is 1.90. The maximum Gasteiger partial charge on any atom is 0.245 e. The van der Waals surface area contributed by atoms with E-state index < -0.39 is 15.8 Å². The van der Waals surface area contributed by atoms with Crippen LogP contribution in [0.1, 0.15) is 19.8 Å². The van der Waals surface area contributed by atoms with Gasteiger partial charge in [-0.05, 0) is 44.1 Å². The van der Waals surface area contributed by atoms with Crippen LogP contribution in [0.3, 0.4) is 0 Å². The summed E-state index contributed by atoms with van der Waals surface area (Å²) in [6.07, 6.45) is 2.03. The average molecular weight is 315 g/mol. The maximum atomic E-state index is 13.8. The maximum absolute atomic E-state index is 13.8. The van der Waals surface area contributed by atoms with Gasteiger partial charge in [-0.3, -0.25) is 4.90 Å². The number of benzene rings is 1. The quantitative estimate of drug-likeness (QED) is 0.837. The van der Waals surface area contributed by atoms with E-state index in [1.54, 1.807) is 0 Å². The van der Waals surface area contributed by atoms with E-state index in [-0.39, 0.29) is 16.6 Å². The van der Waals surface area contributed by atoms with Crippen LogP contribution in [-0.4, -0.2) is 50.3 Å². The van der Waals surface area contributed by atoms with Crippen LogP contribution >= 0.6 is 0 Å². The molecule has 0 spiro atoms. The molecule has 1 atom stereocenters. The van der Waals surface area contributed by atoms with E-state index in [0.717, 1.165) is 32.0 Å². The molecule has 2 N–H and O–H groups in total. The first-order valence-electron chi connectivity index (χ1n) is 7.11. The van der Waals surface area contributed by atoms with Crippen molar-refractivity contribution in [3.63, 3.8) is 0 Å². The van der Waals surface area contributed by atoms with Crippen LogP contribution in [0.5, 0.6) is 0 Å². The van der Waals surface area contributed by atoms with Gasteiger partial charge in [0.05, 0.1) is 0 Å². The lowest BCUT2D eigenvalue weighted by Gasteiger charge is -2.27. The molecule has 1 aliphatic heterocycles. The Morgan fingerprint density at radius 1 is 1.48 bits per heavy atom. The second-order valence-electron chi connectivity index (χ2n) is 5.40. The van der Waals surface area contributed by atoms with Gasteiger partial charge in [0.2, 0.25) is 10.0 Å². The van der Waals surface area contributed by atoms with Crippen LogP contribution < -0.4 is 5.73 Å². The molecule has 0 saturated carbocycles. The minimum absolute atomic E-state index is 0.193. The van der Waals surface area contributed by atoms with E-state index in [2.05, 4.69) is 11.8 Å². The molecule has 0 aromatic heterocycles. The van der Waals surface area contributed by atoms with Crippen LogP contribution in [-0.2, 0) is 10.0 Å². The van der Waals surface area contributed by atoms with Gasteiger partial charge in [-0.1, -0.05) is 6.92 Å². The third-order valence-corrected chi connectivity index (χ3v) is 5.85. The molecule has 0 amide bonds. The summed E-state index contributed by atoms with van der Waals surface area (Å²) in [7, 11) is -2.37. The fraction of sp³-hybridized carbons (Fsp3) is 0.571. The first kappa shape index (κ1) is 16.2. The number of nitrogen functional groups attached to an aromatic ring is 1. The number of likely N-dealkylation sites (tertiary alicyclic amines) is 1. The fourth-order valence-corrected chi connectivity index (χ4v) is 4.10. The lowest BCUT2D eigenvalue weighted by molar-refractivity contribution is 0.237. The molecule has 1 aromatic rings. The van der Waals surface area contributed by atoms with E-state index >= 15 is 0 Å². The molecular formula is C14H22FN3O2S. The second-order valence-corrected chi connectivity index (χ2v) is 7.41. The Kier molecular flexibility index (Phi) is 4.85. The van der Waals surface area contributed by atoms with Gasteiger partial charge in [-0.25, -0.2) is 12.8 Å². The predicted octanol–water partition coefficient (Wildman–Crippen LogP) is 1.51. The summed E-state index contributed by atoms with van der Waals surface area (Å²) in [5, 5.41) is 0. The van der Waals surface area contributed by atoms with Gasteiger partial charge >= 0.3 is 0 Å². The second kappa shape index (κ2) is 6.29. The Morgan fingerprint density at radius 3 is 2.86 bits per heavy atom. The molecule has 1 fully saturated rings. The zero-order chi connectivity index (χ0) is 15.6. The van der Waals surface area contributed by atoms with Crippen molar-refractivity contribution in [1.29, 1.82) is 0 Å². The summed E-state index contributed by atoms with van der Waals surface area (Å²) >= 11 is 0. The first-order valence-corrected chi connectivity index (χ1v) is 8.55. The van der Waals surface area contributed by atoms with Crippen molar-refractivity contribution in [2.24, 2.45) is 0 Å². The van der Waals surface area contributed by atoms with E-state index in [1.807, 2.05) is 0 Å². The number of hydrogen-bond donors (Lipinski definition) is 1. The lowest BCUT2D eigenvalue weighted by Crippen LogP contribution is -2.41. The Hall–Kier alpha value is -1.18. The number of nitrogens with zero attached hydrogens (tertiary/aromatic N) is 2. The molecule has 1 unspecified atom stereocenters. The zero-order valence-corrected chi connectivity index (χ0v) is 13.2. The Morgan fingerprint density at radius 2 is 2.19 bits per heavy atom. The third-order valence-electron chi connectivity index (χ3n) is 4.02. The third kappa shape index (κ3) is 3.36. The minimum atomic E-state index is -3.86. The summed E-state index contributed by atoms with van der Waals surface area (Å²) < 4.78 is 40.0. The Balaban J connectivity index is 2.20. The Labute approximate surface area is 125 Å². The molecule has 5 nitrogen and oxygen atoms in total.